The van der Waals surface area contributed by atoms with Crippen molar-refractivity contribution in [1.82, 2.24) is 14.7 Å². The molecule has 0 atom stereocenters. The molecule has 15 heavy (non-hydrogen) atoms. The van der Waals surface area contributed by atoms with Gasteiger partial charge >= 0.3 is 0 Å². The summed E-state index contributed by atoms with van der Waals surface area (Å²) in [4.78, 5) is 2.11. The van der Waals surface area contributed by atoms with E-state index in [-0.39, 0.29) is 6.61 Å². The number of hydrogen-bond acceptors (Lipinski definition) is 3. The summed E-state index contributed by atoms with van der Waals surface area (Å²) in [6.07, 6.45) is 0. The van der Waals surface area contributed by atoms with Crippen molar-refractivity contribution in [2.75, 3.05) is 20.2 Å². The lowest BCUT2D eigenvalue weighted by molar-refractivity contribution is 0.217. The molecule has 0 radical (unpaired) electrons. The van der Waals surface area contributed by atoms with Gasteiger partial charge in [0.1, 0.15) is 0 Å². The average molecular weight is 211 g/mol. The van der Waals surface area contributed by atoms with Crippen LogP contribution in [0.4, 0.5) is 0 Å². The Balaban J connectivity index is 2.80. The summed E-state index contributed by atoms with van der Waals surface area (Å²) >= 11 is 0. The molecule has 0 fully saturated rings. The van der Waals surface area contributed by atoms with Crippen molar-refractivity contribution in [3.8, 4) is 0 Å². The van der Waals surface area contributed by atoms with E-state index in [0.717, 1.165) is 18.8 Å². The molecule has 1 N–H and O–H groups in total. The van der Waals surface area contributed by atoms with Gasteiger partial charge in [-0.15, -0.1) is 0 Å². The van der Waals surface area contributed by atoms with Crippen LogP contribution in [0.2, 0.25) is 0 Å². The molecule has 86 valence electrons. The van der Waals surface area contributed by atoms with Crippen LogP contribution in [0.25, 0.3) is 0 Å². The molecule has 0 saturated heterocycles. The Morgan fingerprint density at radius 2 is 2.07 bits per heavy atom. The molecule has 4 nitrogen and oxygen atoms in total. The van der Waals surface area contributed by atoms with Crippen LogP contribution < -0.4 is 0 Å². The second kappa shape index (κ2) is 5.28. The molecule has 0 aliphatic carbocycles. The van der Waals surface area contributed by atoms with E-state index in [4.69, 9.17) is 5.11 Å². The standard InChI is InChI=1S/C11H21N3O/c1-5-14-10(3)11(9(2)12-14)8-13(4)6-7-15/h15H,5-8H2,1-4H3. The molecule has 1 rings (SSSR count). The highest BCUT2D eigenvalue weighted by Crippen LogP contribution is 2.14. The molecule has 0 amide bonds. The number of hydrogen-bond donors (Lipinski definition) is 1. The molecule has 0 aromatic carbocycles. The van der Waals surface area contributed by atoms with E-state index in [1.165, 1.54) is 11.3 Å². The van der Waals surface area contributed by atoms with Gasteiger partial charge in [0.05, 0.1) is 12.3 Å². The number of aromatic nitrogens is 2. The van der Waals surface area contributed by atoms with E-state index < -0.39 is 0 Å². The van der Waals surface area contributed by atoms with Gasteiger partial charge in [-0.25, -0.2) is 0 Å². The van der Waals surface area contributed by atoms with Crippen molar-refractivity contribution in [3.05, 3.63) is 17.0 Å². The lowest BCUT2D eigenvalue weighted by atomic mass is 10.2. The maximum atomic E-state index is 8.84. The number of aliphatic hydroxyl groups excluding tert-OH is 1. The fourth-order valence-corrected chi connectivity index (χ4v) is 1.79. The smallest absolute Gasteiger partial charge is 0.0641 e. The first kappa shape index (κ1) is 12.2. The van der Waals surface area contributed by atoms with Gasteiger partial charge in [-0.1, -0.05) is 0 Å². The average Bonchev–Trinajstić information content (AvgIpc) is 2.45. The van der Waals surface area contributed by atoms with Crippen molar-refractivity contribution in [2.45, 2.75) is 33.9 Å². The number of aliphatic hydroxyl groups is 1. The Kier molecular flexibility index (Phi) is 4.29. The fraction of sp³-hybridized carbons (Fsp3) is 0.727. The van der Waals surface area contributed by atoms with Gasteiger partial charge in [0, 0.05) is 30.9 Å². The molecule has 0 unspecified atom stereocenters. The third-order valence-electron chi connectivity index (χ3n) is 2.74. The molecule has 1 aromatic heterocycles. The van der Waals surface area contributed by atoms with Crippen LogP contribution in [0, 0.1) is 13.8 Å². The lowest BCUT2D eigenvalue weighted by Crippen LogP contribution is -2.22. The van der Waals surface area contributed by atoms with Crippen molar-refractivity contribution >= 4 is 0 Å². The monoisotopic (exact) mass is 211 g/mol. The van der Waals surface area contributed by atoms with Gasteiger partial charge in [0.25, 0.3) is 0 Å². The minimum absolute atomic E-state index is 0.205. The van der Waals surface area contributed by atoms with Crippen LogP contribution >= 0.6 is 0 Å². The van der Waals surface area contributed by atoms with E-state index in [1.54, 1.807) is 0 Å². The van der Waals surface area contributed by atoms with Gasteiger partial charge in [-0.05, 0) is 27.8 Å². The molecule has 1 aromatic rings. The minimum Gasteiger partial charge on any atom is -0.395 e. The van der Waals surface area contributed by atoms with E-state index in [2.05, 4.69) is 23.8 Å². The van der Waals surface area contributed by atoms with Crippen LogP contribution in [0.3, 0.4) is 0 Å². The Morgan fingerprint density at radius 1 is 1.40 bits per heavy atom. The quantitative estimate of drug-likeness (QED) is 0.788. The Morgan fingerprint density at radius 3 is 2.53 bits per heavy atom. The maximum absolute atomic E-state index is 8.84. The molecular weight excluding hydrogens is 190 g/mol. The van der Waals surface area contributed by atoms with E-state index >= 15 is 0 Å². The topological polar surface area (TPSA) is 41.3 Å². The SMILES string of the molecule is CCn1nc(C)c(CN(C)CCO)c1C. The largest absolute Gasteiger partial charge is 0.395 e. The summed E-state index contributed by atoms with van der Waals surface area (Å²) in [5.74, 6) is 0. The summed E-state index contributed by atoms with van der Waals surface area (Å²) in [6.45, 7) is 8.93. The maximum Gasteiger partial charge on any atom is 0.0641 e. The Labute approximate surface area is 91.5 Å². The van der Waals surface area contributed by atoms with Crippen molar-refractivity contribution in [2.24, 2.45) is 0 Å². The first-order chi connectivity index (χ1) is 7.10. The van der Waals surface area contributed by atoms with Gasteiger partial charge in [-0.3, -0.25) is 9.58 Å². The molecular formula is C11H21N3O. The first-order valence-corrected chi connectivity index (χ1v) is 5.42. The van der Waals surface area contributed by atoms with Crippen LogP contribution in [-0.4, -0.2) is 40.0 Å². The molecule has 4 heteroatoms. The van der Waals surface area contributed by atoms with Crippen molar-refractivity contribution < 1.29 is 5.11 Å². The molecule has 0 spiro atoms. The fourth-order valence-electron chi connectivity index (χ4n) is 1.79. The minimum atomic E-state index is 0.205. The van der Waals surface area contributed by atoms with Gasteiger partial charge < -0.3 is 5.11 Å². The zero-order valence-corrected chi connectivity index (χ0v) is 10.1. The summed E-state index contributed by atoms with van der Waals surface area (Å²) in [7, 11) is 2.01. The Bertz CT molecular complexity index is 320. The highest BCUT2D eigenvalue weighted by Gasteiger charge is 2.11. The molecule has 0 aliphatic rings. The predicted octanol–water partition coefficient (Wildman–Crippen LogP) is 0.944. The summed E-state index contributed by atoms with van der Waals surface area (Å²) in [5, 5.41) is 13.3. The summed E-state index contributed by atoms with van der Waals surface area (Å²) < 4.78 is 2.03. The van der Waals surface area contributed by atoms with Crippen LogP contribution in [-0.2, 0) is 13.1 Å². The van der Waals surface area contributed by atoms with Gasteiger partial charge in [0.2, 0.25) is 0 Å². The number of rotatable bonds is 5. The predicted molar refractivity (Wildman–Crippen MR) is 60.8 cm³/mol. The highest BCUT2D eigenvalue weighted by atomic mass is 16.3. The van der Waals surface area contributed by atoms with E-state index in [0.29, 0.717) is 6.54 Å². The van der Waals surface area contributed by atoms with Gasteiger partial charge in [-0.2, -0.15) is 5.10 Å². The van der Waals surface area contributed by atoms with Crippen molar-refractivity contribution in [1.29, 1.82) is 0 Å². The summed E-state index contributed by atoms with van der Waals surface area (Å²) in [6, 6.07) is 0. The molecule has 0 aliphatic heterocycles. The number of nitrogens with zero attached hydrogens (tertiary/aromatic N) is 3. The van der Waals surface area contributed by atoms with Crippen LogP contribution in [0.15, 0.2) is 0 Å². The second-order valence-corrected chi connectivity index (χ2v) is 3.93. The number of aryl methyl sites for hydroxylation is 2. The van der Waals surface area contributed by atoms with E-state index in [1.807, 2.05) is 18.7 Å². The molecule has 0 saturated carbocycles. The third-order valence-corrected chi connectivity index (χ3v) is 2.74. The highest BCUT2D eigenvalue weighted by molar-refractivity contribution is 5.24. The summed E-state index contributed by atoms with van der Waals surface area (Å²) in [5.41, 5.74) is 3.62. The Hall–Kier alpha value is -0.870. The molecule has 0 bridgehead atoms. The second-order valence-electron chi connectivity index (χ2n) is 3.93. The van der Waals surface area contributed by atoms with Gasteiger partial charge in [0.15, 0.2) is 0 Å². The normalized spacial score (nSPS) is 11.3. The first-order valence-electron chi connectivity index (χ1n) is 5.42. The third kappa shape index (κ3) is 2.79. The van der Waals surface area contributed by atoms with Crippen LogP contribution in [0.1, 0.15) is 23.9 Å². The zero-order chi connectivity index (χ0) is 11.4. The van der Waals surface area contributed by atoms with Crippen LogP contribution in [0.5, 0.6) is 0 Å². The zero-order valence-electron chi connectivity index (χ0n) is 10.1. The molecule has 1 heterocycles. The number of likely N-dealkylation sites (N-methyl/N-ethyl adjacent to an activating group) is 1. The van der Waals surface area contributed by atoms with Crippen molar-refractivity contribution in [3.63, 3.8) is 0 Å². The lowest BCUT2D eigenvalue weighted by Gasteiger charge is -2.15. The van der Waals surface area contributed by atoms with E-state index in [9.17, 15) is 0 Å².